The number of likely N-dealkylation sites (tertiary alicyclic amines) is 1. The molecule has 2 aliphatic heterocycles. The van der Waals surface area contributed by atoms with Crippen LogP contribution in [0.1, 0.15) is 32.6 Å². The zero-order chi connectivity index (χ0) is 19.4. The predicted octanol–water partition coefficient (Wildman–Crippen LogP) is 2.02. The lowest BCUT2D eigenvalue weighted by Crippen LogP contribution is -2.51. The molecule has 1 amide bonds. The minimum Gasteiger partial charge on any atom is -0.490 e. The second kappa shape index (κ2) is 9.80. The molecule has 9 heteroatoms. The molecule has 0 saturated carbocycles. The van der Waals surface area contributed by atoms with E-state index in [1.165, 1.54) is 12.1 Å². The van der Waals surface area contributed by atoms with E-state index < -0.39 is 9.84 Å². The molecule has 0 aliphatic carbocycles. The van der Waals surface area contributed by atoms with Crippen LogP contribution in [-0.2, 0) is 14.6 Å². The summed E-state index contributed by atoms with van der Waals surface area (Å²) in [6.07, 6.45) is 2.68. The lowest BCUT2D eigenvalue weighted by molar-refractivity contribution is -0.135. The summed E-state index contributed by atoms with van der Waals surface area (Å²) in [5.41, 5.74) is 5.83. The molecule has 0 aromatic heterocycles. The molecule has 158 valence electrons. The van der Waals surface area contributed by atoms with Crippen molar-refractivity contribution in [2.24, 2.45) is 11.7 Å². The normalized spacial score (nSPS) is 22.1. The fourth-order valence-electron chi connectivity index (χ4n) is 3.74. The van der Waals surface area contributed by atoms with Gasteiger partial charge in [0.15, 0.2) is 21.3 Å². The Labute approximate surface area is 172 Å². The van der Waals surface area contributed by atoms with Gasteiger partial charge in [0.25, 0.3) is 0 Å². The average molecular weight is 433 g/mol. The van der Waals surface area contributed by atoms with Gasteiger partial charge in [0.2, 0.25) is 5.91 Å². The third-order valence-electron chi connectivity index (χ3n) is 5.34. The Morgan fingerprint density at radius 3 is 2.64 bits per heavy atom. The summed E-state index contributed by atoms with van der Waals surface area (Å²) in [6, 6.07) is 4.61. The number of benzene rings is 1. The molecular weight excluding hydrogens is 404 g/mol. The van der Waals surface area contributed by atoms with Gasteiger partial charge in [-0.25, -0.2) is 8.42 Å². The molecule has 1 aromatic rings. The predicted molar refractivity (Wildman–Crippen MR) is 109 cm³/mol. The fourth-order valence-corrected chi connectivity index (χ4v) is 4.98. The minimum absolute atomic E-state index is 0. The van der Waals surface area contributed by atoms with Gasteiger partial charge in [-0.1, -0.05) is 6.92 Å². The van der Waals surface area contributed by atoms with Crippen LogP contribution in [0.4, 0.5) is 0 Å². The van der Waals surface area contributed by atoms with E-state index in [2.05, 4.69) is 6.92 Å². The van der Waals surface area contributed by atoms with Gasteiger partial charge < -0.3 is 20.1 Å². The van der Waals surface area contributed by atoms with E-state index in [0.717, 1.165) is 19.3 Å². The molecule has 0 bridgehead atoms. The zero-order valence-electron chi connectivity index (χ0n) is 16.1. The third-order valence-corrected chi connectivity index (χ3v) is 7.05. The van der Waals surface area contributed by atoms with Crippen molar-refractivity contribution < 1.29 is 22.7 Å². The molecule has 1 saturated heterocycles. The highest BCUT2D eigenvalue weighted by molar-refractivity contribution is 7.91. The second-order valence-electron chi connectivity index (χ2n) is 7.24. The molecule has 1 fully saturated rings. The number of nitrogens with zero attached hydrogens (tertiary/aromatic N) is 1. The highest BCUT2D eigenvalue weighted by Crippen LogP contribution is 2.32. The van der Waals surface area contributed by atoms with Crippen molar-refractivity contribution in [3.63, 3.8) is 0 Å². The van der Waals surface area contributed by atoms with Crippen LogP contribution in [0.3, 0.4) is 0 Å². The first-order chi connectivity index (χ1) is 12.9. The third kappa shape index (κ3) is 5.10. The van der Waals surface area contributed by atoms with Crippen molar-refractivity contribution in [2.75, 3.05) is 32.1 Å². The van der Waals surface area contributed by atoms with Crippen LogP contribution in [0.25, 0.3) is 0 Å². The van der Waals surface area contributed by atoms with Crippen molar-refractivity contribution in [2.45, 2.75) is 43.5 Å². The molecule has 0 spiro atoms. The molecule has 2 atom stereocenters. The number of sulfone groups is 1. The molecule has 0 radical (unpaired) electrons. The molecular formula is C19H29ClN2O5S. The number of rotatable bonds is 5. The summed E-state index contributed by atoms with van der Waals surface area (Å²) in [5, 5.41) is 0. The van der Waals surface area contributed by atoms with Crippen LogP contribution in [0, 0.1) is 5.92 Å². The van der Waals surface area contributed by atoms with E-state index in [1.807, 2.05) is 0 Å². The number of nitrogens with two attached hydrogens (primary N) is 1. The Morgan fingerprint density at radius 1 is 1.21 bits per heavy atom. The van der Waals surface area contributed by atoms with Crippen LogP contribution in [0.15, 0.2) is 23.1 Å². The largest absolute Gasteiger partial charge is 0.490 e. The van der Waals surface area contributed by atoms with Gasteiger partial charge in [-0.2, -0.15) is 0 Å². The highest BCUT2D eigenvalue weighted by Gasteiger charge is 2.31. The molecule has 3 rings (SSSR count). The Morgan fingerprint density at radius 2 is 1.93 bits per heavy atom. The van der Waals surface area contributed by atoms with E-state index in [-0.39, 0.29) is 41.4 Å². The monoisotopic (exact) mass is 432 g/mol. The number of fused-ring (bicyclic) bond motifs is 1. The topological polar surface area (TPSA) is 98.9 Å². The summed E-state index contributed by atoms with van der Waals surface area (Å²) in [6.45, 7) is 4.18. The van der Waals surface area contributed by atoms with Gasteiger partial charge >= 0.3 is 0 Å². The van der Waals surface area contributed by atoms with Gasteiger partial charge in [-0.05, 0) is 30.9 Å². The smallest absolute Gasteiger partial charge is 0.223 e. The number of amides is 1. The van der Waals surface area contributed by atoms with Crippen molar-refractivity contribution >= 4 is 28.2 Å². The number of carbonyl (C=O) groups is 1. The van der Waals surface area contributed by atoms with Crippen molar-refractivity contribution in [3.8, 4) is 11.5 Å². The first-order valence-corrected chi connectivity index (χ1v) is 11.2. The standard InChI is InChI=1S/C19H28N2O5S.ClH/c1-14-4-2-8-21(16(14)13-20)19(22)7-11-27(23,24)15-5-6-17-18(12-15)26-10-3-9-25-17;/h5-6,12,14,16H,2-4,7-11,13,20H2,1H3;1H. The van der Waals surface area contributed by atoms with E-state index >= 15 is 0 Å². The first-order valence-electron chi connectivity index (χ1n) is 9.54. The quantitative estimate of drug-likeness (QED) is 0.764. The summed E-state index contributed by atoms with van der Waals surface area (Å²) >= 11 is 0. The highest BCUT2D eigenvalue weighted by atomic mass is 35.5. The number of hydrogen-bond donors (Lipinski definition) is 1. The molecule has 2 heterocycles. The van der Waals surface area contributed by atoms with Gasteiger partial charge in [0.1, 0.15) is 0 Å². The van der Waals surface area contributed by atoms with Crippen LogP contribution in [0.2, 0.25) is 0 Å². The van der Waals surface area contributed by atoms with Crippen LogP contribution < -0.4 is 15.2 Å². The Hall–Kier alpha value is -1.51. The van der Waals surface area contributed by atoms with E-state index in [9.17, 15) is 13.2 Å². The summed E-state index contributed by atoms with van der Waals surface area (Å²) in [7, 11) is -3.59. The number of piperidine rings is 1. The lowest BCUT2D eigenvalue weighted by atomic mass is 9.90. The Kier molecular flexibility index (Phi) is 7.97. The summed E-state index contributed by atoms with van der Waals surface area (Å²) in [5.74, 6) is 0.956. The maximum Gasteiger partial charge on any atom is 0.223 e. The molecule has 28 heavy (non-hydrogen) atoms. The SMILES string of the molecule is CC1CCCN(C(=O)CCS(=O)(=O)c2ccc3c(c2)OCCCO3)C1CN.Cl. The average Bonchev–Trinajstić information content (AvgIpc) is 2.90. The Bertz CT molecular complexity index is 787. The molecule has 7 nitrogen and oxygen atoms in total. The van der Waals surface area contributed by atoms with Gasteiger partial charge in [-0.3, -0.25) is 4.79 Å². The minimum atomic E-state index is -3.59. The summed E-state index contributed by atoms with van der Waals surface area (Å²) < 4.78 is 36.5. The van der Waals surface area contributed by atoms with Crippen molar-refractivity contribution in [1.82, 2.24) is 4.90 Å². The van der Waals surface area contributed by atoms with Gasteiger partial charge in [0.05, 0.1) is 23.9 Å². The maximum absolute atomic E-state index is 12.7. The maximum atomic E-state index is 12.7. The molecule has 2 unspecified atom stereocenters. The summed E-state index contributed by atoms with van der Waals surface area (Å²) in [4.78, 5) is 14.5. The number of ether oxygens (including phenoxy) is 2. The molecule has 2 N–H and O–H groups in total. The van der Waals surface area contributed by atoms with Crippen LogP contribution in [0.5, 0.6) is 11.5 Å². The van der Waals surface area contributed by atoms with Gasteiger partial charge in [-0.15, -0.1) is 12.4 Å². The zero-order valence-corrected chi connectivity index (χ0v) is 17.8. The van der Waals surface area contributed by atoms with Crippen molar-refractivity contribution in [1.29, 1.82) is 0 Å². The number of carbonyl (C=O) groups excluding carboxylic acids is 1. The van der Waals surface area contributed by atoms with Crippen LogP contribution in [-0.4, -0.2) is 57.3 Å². The van der Waals surface area contributed by atoms with E-state index in [4.69, 9.17) is 15.2 Å². The number of halogens is 1. The Balaban J connectivity index is 0.00000280. The number of hydrogen-bond acceptors (Lipinski definition) is 6. The fraction of sp³-hybridized carbons (Fsp3) is 0.632. The lowest BCUT2D eigenvalue weighted by Gasteiger charge is -2.39. The molecule has 1 aromatic carbocycles. The van der Waals surface area contributed by atoms with Gasteiger partial charge in [0, 0.05) is 38.0 Å². The first kappa shape index (κ1) is 22.8. The van der Waals surface area contributed by atoms with Crippen LogP contribution >= 0.6 is 12.4 Å². The second-order valence-corrected chi connectivity index (χ2v) is 9.35. The van der Waals surface area contributed by atoms with Crippen molar-refractivity contribution in [3.05, 3.63) is 18.2 Å². The van der Waals surface area contributed by atoms with E-state index in [1.54, 1.807) is 11.0 Å². The van der Waals surface area contributed by atoms with E-state index in [0.29, 0.717) is 43.7 Å². The molecule has 2 aliphatic rings.